The lowest BCUT2D eigenvalue weighted by Gasteiger charge is -2.18. The third kappa shape index (κ3) is 2.64. The van der Waals surface area contributed by atoms with Crippen molar-refractivity contribution >= 4 is 45.8 Å². The molecule has 1 aromatic heterocycles. The highest BCUT2D eigenvalue weighted by Gasteiger charge is 2.17. The maximum atomic E-state index is 13.9. The fourth-order valence-electron chi connectivity index (χ4n) is 2.67. The van der Waals surface area contributed by atoms with Gasteiger partial charge in [-0.15, -0.1) is 0 Å². The zero-order valence-electron chi connectivity index (χ0n) is 11.4. The van der Waals surface area contributed by atoms with Gasteiger partial charge in [-0.3, -0.25) is 0 Å². The van der Waals surface area contributed by atoms with Crippen molar-refractivity contribution in [2.45, 2.75) is 19.4 Å². The Morgan fingerprint density at radius 1 is 1.29 bits per heavy atom. The van der Waals surface area contributed by atoms with E-state index in [9.17, 15) is 4.39 Å². The van der Waals surface area contributed by atoms with E-state index in [4.69, 9.17) is 12.2 Å². The first-order valence-corrected chi connectivity index (χ1v) is 8.24. The number of nitrogens with zero attached hydrogens (tertiary/aromatic N) is 1. The minimum absolute atomic E-state index is 0.104. The Labute approximate surface area is 141 Å². The molecule has 1 atom stereocenters. The number of hydrogen-bond donors (Lipinski definition) is 1. The summed E-state index contributed by atoms with van der Waals surface area (Å²) < 4.78 is 17.2. The van der Waals surface area contributed by atoms with Crippen LogP contribution in [0.3, 0.4) is 0 Å². The van der Waals surface area contributed by atoms with Crippen molar-refractivity contribution in [2.24, 2.45) is 0 Å². The highest BCUT2D eigenvalue weighted by Crippen LogP contribution is 2.28. The van der Waals surface area contributed by atoms with Crippen LogP contribution in [0.1, 0.15) is 24.9 Å². The maximum absolute atomic E-state index is 13.9. The van der Waals surface area contributed by atoms with Gasteiger partial charge in [0.2, 0.25) is 0 Å². The van der Waals surface area contributed by atoms with Gasteiger partial charge in [0.1, 0.15) is 5.82 Å². The second-order valence-electron chi connectivity index (χ2n) is 4.92. The molecule has 0 bridgehead atoms. The molecule has 0 saturated carbocycles. The Morgan fingerprint density at radius 2 is 2.00 bits per heavy atom. The summed E-state index contributed by atoms with van der Waals surface area (Å²) in [6, 6.07) is 13.7. The highest BCUT2D eigenvalue weighted by molar-refractivity contribution is 14.1. The lowest BCUT2D eigenvalue weighted by Crippen LogP contribution is -2.09. The Morgan fingerprint density at radius 3 is 2.67 bits per heavy atom. The molecule has 1 unspecified atom stereocenters. The average Bonchev–Trinajstić information content (AvgIpc) is 2.78. The number of halogens is 2. The van der Waals surface area contributed by atoms with Crippen LogP contribution in [0.2, 0.25) is 0 Å². The van der Waals surface area contributed by atoms with Crippen LogP contribution in [0.5, 0.6) is 0 Å². The van der Waals surface area contributed by atoms with Crippen molar-refractivity contribution in [1.29, 1.82) is 0 Å². The second-order valence-corrected chi connectivity index (χ2v) is 6.47. The number of benzene rings is 2. The van der Waals surface area contributed by atoms with Crippen molar-refractivity contribution in [1.82, 2.24) is 9.55 Å². The standard InChI is InChI=1S/C16H14FIN2S/c1-2-14(10-6-4-3-5-7-10)20-15-8-11(17)12(18)9-13(15)19-16(20)21/h3-9,14H,2H2,1H3,(H,19,21). The van der Waals surface area contributed by atoms with E-state index in [1.165, 1.54) is 5.56 Å². The van der Waals surface area contributed by atoms with Crippen LogP contribution < -0.4 is 0 Å². The third-order valence-electron chi connectivity index (χ3n) is 3.64. The van der Waals surface area contributed by atoms with Gasteiger partial charge in [-0.2, -0.15) is 0 Å². The third-order valence-corrected chi connectivity index (χ3v) is 4.77. The SMILES string of the molecule is CCC(c1ccccc1)n1c(=S)[nH]c2cc(I)c(F)cc21. The predicted octanol–water partition coefficient (Wildman–Crippen LogP) is 5.44. The number of fused-ring (bicyclic) bond motifs is 1. The minimum Gasteiger partial charge on any atom is -0.331 e. The molecule has 108 valence electrons. The van der Waals surface area contributed by atoms with E-state index >= 15 is 0 Å². The van der Waals surface area contributed by atoms with E-state index < -0.39 is 0 Å². The molecule has 3 rings (SSSR count). The number of nitrogens with one attached hydrogen (secondary N) is 1. The Bertz CT molecular complexity index is 839. The maximum Gasteiger partial charge on any atom is 0.178 e. The molecule has 1 N–H and O–H groups in total. The molecule has 0 radical (unpaired) electrons. The lowest BCUT2D eigenvalue weighted by molar-refractivity contribution is 0.572. The summed E-state index contributed by atoms with van der Waals surface area (Å²) in [6.07, 6.45) is 0.888. The quantitative estimate of drug-likeness (QED) is 0.449. The van der Waals surface area contributed by atoms with E-state index in [-0.39, 0.29) is 11.9 Å². The molecule has 3 aromatic rings. The number of hydrogen-bond acceptors (Lipinski definition) is 1. The zero-order chi connectivity index (χ0) is 15.0. The van der Waals surface area contributed by atoms with Gasteiger partial charge in [0, 0.05) is 6.07 Å². The first-order chi connectivity index (χ1) is 10.1. The van der Waals surface area contributed by atoms with Gasteiger partial charge in [-0.1, -0.05) is 37.3 Å². The summed E-state index contributed by atoms with van der Waals surface area (Å²) in [4.78, 5) is 3.19. The molecule has 0 amide bonds. The number of aromatic amines is 1. The summed E-state index contributed by atoms with van der Waals surface area (Å²) in [6.45, 7) is 2.11. The first-order valence-electron chi connectivity index (χ1n) is 6.76. The second kappa shape index (κ2) is 5.88. The van der Waals surface area contributed by atoms with Crippen molar-refractivity contribution < 1.29 is 4.39 Å². The summed E-state index contributed by atoms with van der Waals surface area (Å²) in [5.41, 5.74) is 2.87. The summed E-state index contributed by atoms with van der Waals surface area (Å²) in [5, 5.41) is 0. The molecule has 0 aliphatic heterocycles. The summed E-state index contributed by atoms with van der Waals surface area (Å²) in [7, 11) is 0. The monoisotopic (exact) mass is 412 g/mol. The fourth-order valence-corrected chi connectivity index (χ4v) is 3.48. The fraction of sp³-hybridized carbons (Fsp3) is 0.188. The van der Waals surface area contributed by atoms with Gasteiger partial charge in [0.05, 0.1) is 20.6 Å². The van der Waals surface area contributed by atoms with Crippen molar-refractivity contribution in [2.75, 3.05) is 0 Å². The molecular formula is C16H14FIN2S. The molecule has 0 saturated heterocycles. The van der Waals surface area contributed by atoms with E-state index in [0.717, 1.165) is 17.5 Å². The van der Waals surface area contributed by atoms with Gasteiger partial charge in [0.15, 0.2) is 4.77 Å². The number of rotatable bonds is 3. The molecule has 0 spiro atoms. The Balaban J connectivity index is 2.26. The molecule has 2 nitrogen and oxygen atoms in total. The van der Waals surface area contributed by atoms with Gasteiger partial charge in [-0.05, 0) is 52.9 Å². The lowest BCUT2D eigenvalue weighted by atomic mass is 10.0. The molecule has 21 heavy (non-hydrogen) atoms. The summed E-state index contributed by atoms with van der Waals surface area (Å²) in [5.74, 6) is -0.214. The van der Waals surface area contributed by atoms with Gasteiger partial charge < -0.3 is 9.55 Å². The number of imidazole rings is 1. The molecule has 2 aromatic carbocycles. The van der Waals surface area contributed by atoms with Gasteiger partial charge in [0.25, 0.3) is 0 Å². The molecule has 0 fully saturated rings. The molecular weight excluding hydrogens is 398 g/mol. The average molecular weight is 412 g/mol. The van der Waals surface area contributed by atoms with E-state index in [0.29, 0.717) is 8.34 Å². The Kier molecular flexibility index (Phi) is 4.12. The van der Waals surface area contributed by atoms with Crippen LogP contribution in [0.4, 0.5) is 4.39 Å². The van der Waals surface area contributed by atoms with Crippen molar-refractivity contribution in [3.63, 3.8) is 0 Å². The molecule has 0 aliphatic carbocycles. The zero-order valence-corrected chi connectivity index (χ0v) is 14.4. The first kappa shape index (κ1) is 14.7. The molecule has 0 aliphatic rings. The normalized spacial score (nSPS) is 12.7. The van der Waals surface area contributed by atoms with E-state index in [2.05, 4.69) is 24.0 Å². The van der Waals surface area contributed by atoms with Crippen LogP contribution in [0.15, 0.2) is 42.5 Å². The van der Waals surface area contributed by atoms with Crippen molar-refractivity contribution in [3.8, 4) is 0 Å². The number of aromatic nitrogens is 2. The van der Waals surface area contributed by atoms with E-state index in [1.54, 1.807) is 12.1 Å². The van der Waals surface area contributed by atoms with Gasteiger partial charge >= 0.3 is 0 Å². The van der Waals surface area contributed by atoms with E-state index in [1.807, 2.05) is 45.4 Å². The van der Waals surface area contributed by atoms with Crippen LogP contribution in [0.25, 0.3) is 11.0 Å². The van der Waals surface area contributed by atoms with Crippen LogP contribution >= 0.6 is 34.8 Å². The Hall–Kier alpha value is -1.21. The smallest absolute Gasteiger partial charge is 0.178 e. The number of H-pyrrole nitrogens is 1. The summed E-state index contributed by atoms with van der Waals surface area (Å²) >= 11 is 7.46. The highest BCUT2D eigenvalue weighted by atomic mass is 127. The minimum atomic E-state index is -0.214. The predicted molar refractivity (Wildman–Crippen MR) is 94.7 cm³/mol. The van der Waals surface area contributed by atoms with Crippen LogP contribution in [0, 0.1) is 14.2 Å². The van der Waals surface area contributed by atoms with Crippen LogP contribution in [-0.4, -0.2) is 9.55 Å². The van der Waals surface area contributed by atoms with Crippen LogP contribution in [-0.2, 0) is 0 Å². The van der Waals surface area contributed by atoms with Crippen molar-refractivity contribution in [3.05, 3.63) is 62.2 Å². The topological polar surface area (TPSA) is 20.7 Å². The molecule has 5 heteroatoms. The largest absolute Gasteiger partial charge is 0.331 e. The molecule has 1 heterocycles. The van der Waals surface area contributed by atoms with Gasteiger partial charge in [-0.25, -0.2) is 4.39 Å².